The van der Waals surface area contributed by atoms with Gasteiger partial charge in [0.15, 0.2) is 12.0 Å². The molecule has 0 amide bonds. The molecule has 0 aliphatic rings. The fourth-order valence-corrected chi connectivity index (χ4v) is 1.77. The van der Waals surface area contributed by atoms with Gasteiger partial charge in [-0.3, -0.25) is 4.79 Å². The zero-order chi connectivity index (χ0) is 14.4. The Morgan fingerprint density at radius 3 is 2.80 bits per heavy atom. The first-order valence-electron chi connectivity index (χ1n) is 6.21. The monoisotopic (exact) mass is 278 g/mol. The van der Waals surface area contributed by atoms with Crippen molar-refractivity contribution < 1.29 is 23.1 Å². The Morgan fingerprint density at radius 1 is 1.25 bits per heavy atom. The van der Waals surface area contributed by atoms with Crippen LogP contribution in [0.15, 0.2) is 34.7 Å². The molecule has 20 heavy (non-hydrogen) atoms. The number of ether oxygens (including phenoxy) is 2. The maximum atomic E-state index is 13.4. The Labute approximate surface area is 116 Å². The molecule has 0 spiro atoms. The van der Waals surface area contributed by atoms with E-state index in [2.05, 4.69) is 0 Å². The lowest BCUT2D eigenvalue weighted by molar-refractivity contribution is 0.110. The summed E-state index contributed by atoms with van der Waals surface area (Å²) in [6, 6.07) is 7.32. The van der Waals surface area contributed by atoms with E-state index in [9.17, 15) is 9.18 Å². The van der Waals surface area contributed by atoms with E-state index >= 15 is 0 Å². The average Bonchev–Trinajstić information content (AvgIpc) is 2.93. The minimum atomic E-state index is -0.395. The number of carbonyl (C=O) groups is 1. The van der Waals surface area contributed by atoms with Gasteiger partial charge in [0.25, 0.3) is 0 Å². The summed E-state index contributed by atoms with van der Waals surface area (Å²) >= 11 is 0. The third-order valence-electron chi connectivity index (χ3n) is 2.70. The maximum Gasteiger partial charge on any atom is 0.185 e. The Balaban J connectivity index is 2.21. The van der Waals surface area contributed by atoms with Gasteiger partial charge in [0.2, 0.25) is 0 Å². The number of halogens is 1. The lowest BCUT2D eigenvalue weighted by Crippen LogP contribution is -2.02. The Kier molecular flexibility index (Phi) is 4.90. The van der Waals surface area contributed by atoms with Gasteiger partial charge in [-0.05, 0) is 30.3 Å². The van der Waals surface area contributed by atoms with Gasteiger partial charge in [0, 0.05) is 20.1 Å². The van der Waals surface area contributed by atoms with Crippen LogP contribution in [-0.4, -0.2) is 26.6 Å². The number of hydrogen-bond acceptors (Lipinski definition) is 4. The van der Waals surface area contributed by atoms with Crippen molar-refractivity contribution in [3.63, 3.8) is 0 Å². The molecular formula is C15H15FO4. The van der Waals surface area contributed by atoms with Crippen molar-refractivity contribution in [3.8, 4) is 17.1 Å². The molecule has 0 radical (unpaired) electrons. The second kappa shape index (κ2) is 6.86. The first-order valence-corrected chi connectivity index (χ1v) is 6.21. The van der Waals surface area contributed by atoms with Crippen LogP contribution in [0.25, 0.3) is 11.3 Å². The second-order valence-corrected chi connectivity index (χ2v) is 4.16. The Morgan fingerprint density at radius 2 is 2.10 bits per heavy atom. The lowest BCUT2D eigenvalue weighted by atomic mass is 10.1. The Bertz CT molecular complexity index is 577. The highest BCUT2D eigenvalue weighted by Crippen LogP contribution is 2.32. The van der Waals surface area contributed by atoms with E-state index in [1.165, 1.54) is 18.2 Å². The van der Waals surface area contributed by atoms with E-state index in [0.29, 0.717) is 36.6 Å². The first-order chi connectivity index (χ1) is 9.74. The minimum absolute atomic E-state index is 0.189. The van der Waals surface area contributed by atoms with Crippen molar-refractivity contribution >= 4 is 6.29 Å². The first kappa shape index (κ1) is 14.3. The van der Waals surface area contributed by atoms with E-state index in [4.69, 9.17) is 13.9 Å². The largest absolute Gasteiger partial charge is 0.493 e. The van der Waals surface area contributed by atoms with Crippen LogP contribution in [0.2, 0.25) is 0 Å². The van der Waals surface area contributed by atoms with Crippen LogP contribution in [0.1, 0.15) is 17.0 Å². The number of furan rings is 1. The van der Waals surface area contributed by atoms with Crippen molar-refractivity contribution in [2.24, 2.45) is 0 Å². The number of carbonyl (C=O) groups excluding carboxylic acids is 1. The molecule has 2 aromatic rings. The lowest BCUT2D eigenvalue weighted by Gasteiger charge is -2.10. The summed E-state index contributed by atoms with van der Waals surface area (Å²) < 4.78 is 29.2. The highest BCUT2D eigenvalue weighted by atomic mass is 19.1. The molecule has 0 atom stereocenters. The molecule has 0 aliphatic heterocycles. The summed E-state index contributed by atoms with van der Waals surface area (Å²) in [5.41, 5.74) is 0.482. The molecule has 0 fully saturated rings. The Hall–Kier alpha value is -2.14. The minimum Gasteiger partial charge on any atom is -0.493 e. The zero-order valence-electron chi connectivity index (χ0n) is 11.1. The molecule has 0 saturated carbocycles. The fraction of sp³-hybridized carbons (Fsp3) is 0.267. The summed E-state index contributed by atoms with van der Waals surface area (Å²) in [6.07, 6.45) is 1.33. The van der Waals surface area contributed by atoms with Crippen LogP contribution < -0.4 is 4.74 Å². The smallest absolute Gasteiger partial charge is 0.185 e. The molecule has 1 aromatic heterocycles. The summed E-state index contributed by atoms with van der Waals surface area (Å²) in [7, 11) is 1.62. The van der Waals surface area contributed by atoms with Crippen molar-refractivity contribution in [2.45, 2.75) is 6.42 Å². The number of benzene rings is 1. The third kappa shape index (κ3) is 3.45. The van der Waals surface area contributed by atoms with Gasteiger partial charge in [0.05, 0.1) is 12.2 Å². The quantitative estimate of drug-likeness (QED) is 0.576. The molecule has 1 aromatic carbocycles. The van der Waals surface area contributed by atoms with Crippen molar-refractivity contribution in [1.29, 1.82) is 0 Å². The van der Waals surface area contributed by atoms with Crippen LogP contribution in [0.5, 0.6) is 5.75 Å². The molecule has 0 bridgehead atoms. The molecule has 4 nitrogen and oxygen atoms in total. The van der Waals surface area contributed by atoms with Crippen molar-refractivity contribution in [3.05, 3.63) is 41.9 Å². The number of hydrogen-bond donors (Lipinski definition) is 0. The van der Waals surface area contributed by atoms with E-state index < -0.39 is 5.82 Å². The molecule has 0 saturated heterocycles. The van der Waals surface area contributed by atoms with Gasteiger partial charge >= 0.3 is 0 Å². The number of rotatable bonds is 7. The van der Waals surface area contributed by atoms with Crippen LogP contribution >= 0.6 is 0 Å². The summed E-state index contributed by atoms with van der Waals surface area (Å²) in [4.78, 5) is 10.6. The van der Waals surface area contributed by atoms with Crippen LogP contribution in [-0.2, 0) is 4.74 Å². The van der Waals surface area contributed by atoms with Gasteiger partial charge < -0.3 is 13.9 Å². The van der Waals surface area contributed by atoms with E-state index in [0.717, 1.165) is 6.42 Å². The summed E-state index contributed by atoms with van der Waals surface area (Å²) in [5, 5.41) is 0. The molecule has 5 heteroatoms. The number of methoxy groups -OCH3 is 1. The van der Waals surface area contributed by atoms with E-state index in [1.54, 1.807) is 19.2 Å². The normalized spacial score (nSPS) is 10.5. The summed E-state index contributed by atoms with van der Waals surface area (Å²) in [6.45, 7) is 1.04. The third-order valence-corrected chi connectivity index (χ3v) is 2.70. The molecule has 0 N–H and O–H groups in total. The van der Waals surface area contributed by atoms with Gasteiger partial charge in [-0.2, -0.15) is 0 Å². The molecule has 2 rings (SSSR count). The standard InChI is InChI=1S/C15H15FO4/c1-18-7-2-8-19-14-5-3-11(16)9-13(14)15-6-4-12(10-17)20-15/h3-6,9-10H,2,7-8H2,1H3. The topological polar surface area (TPSA) is 48.7 Å². The predicted molar refractivity (Wildman–Crippen MR) is 71.5 cm³/mol. The molecule has 0 aliphatic carbocycles. The highest BCUT2D eigenvalue weighted by Gasteiger charge is 2.12. The van der Waals surface area contributed by atoms with Crippen molar-refractivity contribution in [2.75, 3.05) is 20.3 Å². The van der Waals surface area contributed by atoms with Gasteiger partial charge in [-0.25, -0.2) is 4.39 Å². The molecular weight excluding hydrogens is 263 g/mol. The number of aldehydes is 1. The zero-order valence-corrected chi connectivity index (χ0v) is 11.1. The molecule has 0 unspecified atom stereocenters. The van der Waals surface area contributed by atoms with Gasteiger partial charge in [0.1, 0.15) is 17.3 Å². The van der Waals surface area contributed by atoms with Gasteiger partial charge in [-0.15, -0.1) is 0 Å². The summed E-state index contributed by atoms with van der Waals surface area (Å²) in [5.74, 6) is 0.700. The van der Waals surface area contributed by atoms with Crippen LogP contribution in [0.4, 0.5) is 4.39 Å². The highest BCUT2D eigenvalue weighted by molar-refractivity contribution is 5.74. The van der Waals surface area contributed by atoms with E-state index in [-0.39, 0.29) is 5.76 Å². The SMILES string of the molecule is COCCCOc1ccc(F)cc1-c1ccc(C=O)o1. The average molecular weight is 278 g/mol. The second-order valence-electron chi connectivity index (χ2n) is 4.16. The van der Waals surface area contributed by atoms with Gasteiger partial charge in [-0.1, -0.05) is 0 Å². The maximum absolute atomic E-state index is 13.4. The fourth-order valence-electron chi connectivity index (χ4n) is 1.77. The molecule has 106 valence electrons. The predicted octanol–water partition coefficient (Wildman–Crippen LogP) is 3.31. The van der Waals surface area contributed by atoms with Crippen LogP contribution in [0, 0.1) is 5.82 Å². The van der Waals surface area contributed by atoms with Crippen molar-refractivity contribution in [1.82, 2.24) is 0 Å². The van der Waals surface area contributed by atoms with Crippen LogP contribution in [0.3, 0.4) is 0 Å². The molecule has 1 heterocycles. The van der Waals surface area contributed by atoms with E-state index in [1.807, 2.05) is 0 Å².